The molecule has 2 aliphatic rings. The molecule has 0 radical (unpaired) electrons. The molecule has 2 aliphatic heterocycles. The van der Waals surface area contributed by atoms with Gasteiger partial charge in [-0.2, -0.15) is 0 Å². The fourth-order valence-electron chi connectivity index (χ4n) is 11.5. The summed E-state index contributed by atoms with van der Waals surface area (Å²) in [5.41, 5.74) is 23.8. The number of hydrogen-bond acceptors (Lipinski definition) is 3. The number of benzene rings is 11. The maximum atomic E-state index is 2.59. The van der Waals surface area contributed by atoms with Crippen molar-refractivity contribution in [3.63, 3.8) is 0 Å². The third-order valence-electron chi connectivity index (χ3n) is 15.0. The molecule has 0 aliphatic carbocycles. The van der Waals surface area contributed by atoms with Gasteiger partial charge in [0.1, 0.15) is 0 Å². The maximum absolute atomic E-state index is 2.59. The first-order chi connectivity index (χ1) is 35.8. The molecule has 11 aromatic carbocycles. The van der Waals surface area contributed by atoms with Crippen LogP contribution in [-0.4, -0.2) is 6.71 Å². The molecule has 348 valence electrons. The van der Waals surface area contributed by atoms with Crippen LogP contribution in [0, 0.1) is 6.92 Å². The molecule has 0 spiro atoms. The molecule has 11 aromatic rings. The Bertz CT molecular complexity index is 3800. The van der Waals surface area contributed by atoms with Gasteiger partial charge in [0.05, 0.1) is 5.69 Å². The largest absolute Gasteiger partial charge is 0.311 e. The number of rotatable bonds is 8. The third-order valence-corrected chi connectivity index (χ3v) is 15.0. The molecule has 0 N–H and O–H groups in total. The number of anilines is 9. The summed E-state index contributed by atoms with van der Waals surface area (Å²) in [5, 5.41) is 2.45. The monoisotopic (exact) mass is 935 g/mol. The Morgan fingerprint density at radius 3 is 1.58 bits per heavy atom. The van der Waals surface area contributed by atoms with Crippen LogP contribution in [0.25, 0.3) is 44.2 Å². The first-order valence-corrected chi connectivity index (χ1v) is 25.5. The first-order valence-electron chi connectivity index (χ1n) is 25.5. The van der Waals surface area contributed by atoms with Crippen LogP contribution < -0.4 is 31.1 Å². The fourth-order valence-corrected chi connectivity index (χ4v) is 11.5. The number of hydrogen-bond donors (Lipinski definition) is 0. The first kappa shape index (κ1) is 44.1. The molecule has 0 saturated carbocycles. The second-order valence-corrected chi connectivity index (χ2v) is 20.6. The minimum absolute atomic E-state index is 0.00346. The predicted octanol–water partition coefficient (Wildman–Crippen LogP) is 17.0. The average molecular weight is 936 g/mol. The molecule has 0 aromatic heterocycles. The Morgan fingerprint density at radius 2 is 0.932 bits per heavy atom. The lowest BCUT2D eigenvalue weighted by molar-refractivity contribution is 0.590. The Hall–Kier alpha value is -8.86. The van der Waals surface area contributed by atoms with Crippen molar-refractivity contribution in [3.8, 4) is 33.4 Å². The highest BCUT2D eigenvalue weighted by atomic mass is 15.2. The molecule has 0 atom stereocenters. The predicted molar refractivity (Wildman–Crippen MR) is 312 cm³/mol. The van der Waals surface area contributed by atoms with E-state index in [4.69, 9.17) is 0 Å². The number of nitrogens with zero attached hydrogens (tertiary/aromatic N) is 3. The van der Waals surface area contributed by atoms with Crippen LogP contribution in [0.5, 0.6) is 0 Å². The van der Waals surface area contributed by atoms with Crippen LogP contribution in [0.2, 0.25) is 0 Å². The fraction of sp³-hybridized carbons (Fsp3) is 0.0725. The quantitative estimate of drug-likeness (QED) is 0.141. The summed E-state index contributed by atoms with van der Waals surface area (Å²) in [6.07, 6.45) is 0. The van der Waals surface area contributed by atoms with Crippen molar-refractivity contribution in [2.75, 3.05) is 14.7 Å². The van der Waals surface area contributed by atoms with Crippen LogP contribution in [0.15, 0.2) is 255 Å². The lowest BCUT2D eigenvalue weighted by Crippen LogP contribution is -2.61. The summed E-state index contributed by atoms with van der Waals surface area (Å²) >= 11 is 0. The molecular formula is C69H54BN3. The molecule has 0 unspecified atom stereocenters. The zero-order valence-electron chi connectivity index (χ0n) is 41.7. The number of aryl methyl sites for hydroxylation is 1. The minimum Gasteiger partial charge on any atom is -0.311 e. The molecule has 2 heterocycles. The zero-order chi connectivity index (χ0) is 49.2. The molecule has 13 rings (SSSR count). The van der Waals surface area contributed by atoms with Gasteiger partial charge in [0.2, 0.25) is 0 Å². The van der Waals surface area contributed by atoms with E-state index in [0.717, 1.165) is 28.4 Å². The van der Waals surface area contributed by atoms with E-state index in [-0.39, 0.29) is 12.1 Å². The second-order valence-electron chi connectivity index (χ2n) is 20.6. The molecule has 0 fully saturated rings. The normalized spacial score (nSPS) is 12.6. The van der Waals surface area contributed by atoms with Crippen LogP contribution >= 0.6 is 0 Å². The van der Waals surface area contributed by atoms with Crippen molar-refractivity contribution in [2.24, 2.45) is 0 Å². The van der Waals surface area contributed by atoms with Crippen LogP contribution in [0.4, 0.5) is 51.2 Å². The van der Waals surface area contributed by atoms with Crippen molar-refractivity contribution in [1.82, 2.24) is 0 Å². The lowest BCUT2D eigenvalue weighted by atomic mass is 9.33. The molecule has 0 amide bonds. The van der Waals surface area contributed by atoms with Crippen LogP contribution in [0.1, 0.15) is 31.9 Å². The van der Waals surface area contributed by atoms with E-state index >= 15 is 0 Å². The third kappa shape index (κ3) is 7.70. The van der Waals surface area contributed by atoms with Gasteiger partial charge in [0.15, 0.2) is 0 Å². The molecule has 4 heteroatoms. The van der Waals surface area contributed by atoms with Gasteiger partial charge in [-0.05, 0) is 157 Å². The standard InChI is InChI=1S/C69H54BN3/c1-47-42-66-68-67(43-47)73(63-40-32-51(48-20-9-5-10-21-48)44-60(63)59-31-19-25-50-24-17-18-30-58(50)59)64-41-33-52(49-22-11-6-12-23-49)45-62(64)70(68)61-39-38-57(71(54-26-13-7-14-27-54)55-28-15-8-16-29-55)46-65(61)72(66)56-36-34-53(35-37-56)69(2,3)4/h5-46H,1-4H3. The van der Waals surface area contributed by atoms with Gasteiger partial charge in [-0.3, -0.25) is 0 Å². The van der Waals surface area contributed by atoms with Gasteiger partial charge in [-0.1, -0.05) is 197 Å². The Labute approximate surface area is 430 Å². The summed E-state index contributed by atoms with van der Waals surface area (Å²) in [6, 6.07) is 94.4. The Balaban J connectivity index is 1.11. The van der Waals surface area contributed by atoms with Crippen LogP contribution in [-0.2, 0) is 5.41 Å². The van der Waals surface area contributed by atoms with Crippen molar-refractivity contribution >= 4 is 85.1 Å². The van der Waals surface area contributed by atoms with Gasteiger partial charge in [0.25, 0.3) is 6.71 Å². The van der Waals surface area contributed by atoms with Gasteiger partial charge >= 0.3 is 0 Å². The van der Waals surface area contributed by atoms with Crippen molar-refractivity contribution in [3.05, 3.63) is 266 Å². The summed E-state index contributed by atoms with van der Waals surface area (Å²) in [7, 11) is 0. The van der Waals surface area contributed by atoms with Crippen molar-refractivity contribution < 1.29 is 0 Å². The van der Waals surface area contributed by atoms with E-state index in [1.54, 1.807) is 0 Å². The van der Waals surface area contributed by atoms with E-state index in [1.165, 1.54) is 94.4 Å². The second kappa shape index (κ2) is 17.8. The molecule has 3 nitrogen and oxygen atoms in total. The van der Waals surface area contributed by atoms with Gasteiger partial charge in [-0.25, -0.2) is 0 Å². The van der Waals surface area contributed by atoms with Gasteiger partial charge < -0.3 is 14.7 Å². The SMILES string of the molecule is Cc1cc2c3c(c1)N(c1ccc(-c4ccccc4)cc1-c1cccc4ccccc14)c1ccc(-c4ccccc4)cc1B3c1ccc(N(c3ccccc3)c3ccccc3)cc1N2c1ccc(C(C)(C)C)cc1. The summed E-state index contributed by atoms with van der Waals surface area (Å²) in [4.78, 5) is 7.53. The summed E-state index contributed by atoms with van der Waals surface area (Å²) in [5.74, 6) is 0. The molecule has 73 heavy (non-hydrogen) atoms. The topological polar surface area (TPSA) is 9.72 Å². The summed E-state index contributed by atoms with van der Waals surface area (Å²) < 4.78 is 0. The smallest absolute Gasteiger partial charge is 0.252 e. The molecular weight excluding hydrogens is 882 g/mol. The van der Waals surface area contributed by atoms with E-state index < -0.39 is 0 Å². The highest BCUT2D eigenvalue weighted by Gasteiger charge is 2.44. The van der Waals surface area contributed by atoms with Crippen molar-refractivity contribution in [2.45, 2.75) is 33.1 Å². The number of para-hydroxylation sites is 2. The molecule has 0 saturated heterocycles. The Kier molecular flexibility index (Phi) is 10.7. The van der Waals surface area contributed by atoms with Gasteiger partial charge in [0, 0.05) is 51.1 Å². The lowest BCUT2D eigenvalue weighted by Gasteiger charge is -2.45. The average Bonchev–Trinajstić information content (AvgIpc) is 3.43. The van der Waals surface area contributed by atoms with E-state index in [2.05, 4.69) is 297 Å². The highest BCUT2D eigenvalue weighted by Crippen LogP contribution is 2.50. The minimum atomic E-state index is -0.0823. The Morgan fingerprint density at radius 1 is 0.370 bits per heavy atom. The zero-order valence-corrected chi connectivity index (χ0v) is 41.7. The van der Waals surface area contributed by atoms with Gasteiger partial charge in [-0.15, -0.1) is 0 Å². The molecule has 0 bridgehead atoms. The van der Waals surface area contributed by atoms with Crippen molar-refractivity contribution in [1.29, 1.82) is 0 Å². The van der Waals surface area contributed by atoms with E-state index in [9.17, 15) is 0 Å². The van der Waals surface area contributed by atoms with E-state index in [1.807, 2.05) is 0 Å². The van der Waals surface area contributed by atoms with Crippen LogP contribution in [0.3, 0.4) is 0 Å². The number of fused-ring (bicyclic) bond motifs is 5. The summed E-state index contributed by atoms with van der Waals surface area (Å²) in [6.45, 7) is 9.07. The highest BCUT2D eigenvalue weighted by molar-refractivity contribution is 7.00. The maximum Gasteiger partial charge on any atom is 0.252 e. The van der Waals surface area contributed by atoms with E-state index in [0.29, 0.717) is 0 Å².